The van der Waals surface area contributed by atoms with E-state index in [0.29, 0.717) is 77.5 Å². The zero-order chi connectivity index (χ0) is 43.7. The Balaban J connectivity index is 1.14. The number of rotatable bonds is 12. The van der Waals surface area contributed by atoms with Crippen LogP contribution in [-0.2, 0) is 44.2 Å². The number of likely N-dealkylation sites (N-methyl/N-ethyl adjacent to an activating group) is 1. The summed E-state index contributed by atoms with van der Waals surface area (Å²) in [6.45, 7) is 3.71. The van der Waals surface area contributed by atoms with Crippen LogP contribution < -0.4 is 9.64 Å². The zero-order valence-corrected chi connectivity index (χ0v) is 35.7. The predicted octanol–water partition coefficient (Wildman–Crippen LogP) is 8.23. The van der Waals surface area contributed by atoms with Gasteiger partial charge >= 0.3 is 6.55 Å². The molecule has 0 aliphatic carbocycles. The van der Waals surface area contributed by atoms with Gasteiger partial charge in [0, 0.05) is 67.5 Å². The molecule has 0 bridgehead atoms. The van der Waals surface area contributed by atoms with E-state index in [0.717, 1.165) is 40.7 Å². The number of benzene rings is 4. The van der Waals surface area contributed by atoms with Crippen molar-refractivity contribution in [2.45, 2.75) is 58.8 Å². The second kappa shape index (κ2) is 17.8. The Kier molecular flexibility index (Phi) is 12.1. The fraction of sp³-hybridized carbons (Fsp3) is 0.306. The fourth-order valence-electron chi connectivity index (χ4n) is 8.46. The second-order valence-corrected chi connectivity index (χ2v) is 16.5. The molecule has 0 N–H and O–H groups in total. The SMILES string of the molecule is Cc1c(C(=O)N(c2ccccc2)c2cnn(C(F)F)c2)cc(-c2cc3c(cc2C(=O)N2Cc4ccccc4C[C@H]2C)CN(C(=O)Cc2ccc(OCCN(C)C)cc2)CC3)n1C. The first kappa shape index (κ1) is 42.1. The Morgan fingerprint density at radius 3 is 2.29 bits per heavy atom. The Morgan fingerprint density at radius 2 is 1.58 bits per heavy atom. The van der Waals surface area contributed by atoms with Crippen LogP contribution in [0.4, 0.5) is 20.2 Å². The minimum Gasteiger partial charge on any atom is -0.492 e. The lowest BCUT2D eigenvalue weighted by atomic mass is 9.89. The van der Waals surface area contributed by atoms with Crippen molar-refractivity contribution in [2.75, 3.05) is 38.7 Å². The van der Waals surface area contributed by atoms with Crippen LogP contribution in [0.2, 0.25) is 0 Å². The first-order chi connectivity index (χ1) is 29.9. The number of hydrogen-bond acceptors (Lipinski definition) is 6. The molecular weight excluding hydrogens is 789 g/mol. The summed E-state index contributed by atoms with van der Waals surface area (Å²) >= 11 is 0. The Morgan fingerprint density at radius 1 is 0.855 bits per heavy atom. The van der Waals surface area contributed by atoms with Crippen molar-refractivity contribution in [2.24, 2.45) is 7.05 Å². The van der Waals surface area contributed by atoms with Gasteiger partial charge in [-0.15, -0.1) is 0 Å². The molecule has 2 aliphatic heterocycles. The van der Waals surface area contributed by atoms with Crippen LogP contribution in [0.25, 0.3) is 11.3 Å². The van der Waals surface area contributed by atoms with Crippen LogP contribution in [0.3, 0.4) is 0 Å². The van der Waals surface area contributed by atoms with Crippen molar-refractivity contribution >= 4 is 29.1 Å². The number of halogens is 2. The number of para-hydroxylation sites is 1. The molecule has 0 unspecified atom stereocenters. The number of amides is 3. The van der Waals surface area contributed by atoms with E-state index in [1.54, 1.807) is 30.3 Å². The Hall–Kier alpha value is -6.60. The molecule has 3 amide bonds. The van der Waals surface area contributed by atoms with Gasteiger partial charge in [0.1, 0.15) is 12.4 Å². The quantitative estimate of drug-likeness (QED) is 0.123. The maximum Gasteiger partial charge on any atom is 0.333 e. The van der Waals surface area contributed by atoms with Gasteiger partial charge < -0.3 is 24.0 Å². The lowest BCUT2D eigenvalue weighted by molar-refractivity contribution is -0.131. The van der Waals surface area contributed by atoms with Crippen molar-refractivity contribution in [3.63, 3.8) is 0 Å². The average Bonchev–Trinajstić information content (AvgIpc) is 3.87. The minimum absolute atomic E-state index is 0.00147. The molecule has 11 nitrogen and oxygen atoms in total. The molecule has 0 radical (unpaired) electrons. The molecule has 1 atom stereocenters. The molecule has 0 saturated carbocycles. The number of anilines is 2. The van der Waals surface area contributed by atoms with E-state index in [9.17, 15) is 18.4 Å². The molecule has 2 aromatic heterocycles. The summed E-state index contributed by atoms with van der Waals surface area (Å²) in [5.74, 6) is 0.184. The first-order valence-electron chi connectivity index (χ1n) is 20.9. The van der Waals surface area contributed by atoms with Crippen LogP contribution in [0.15, 0.2) is 109 Å². The van der Waals surface area contributed by atoms with Gasteiger partial charge in [-0.05, 0) is 111 Å². The highest BCUT2D eigenvalue weighted by molar-refractivity contribution is 6.12. The molecule has 320 valence electrons. The highest BCUT2D eigenvalue weighted by Gasteiger charge is 2.33. The number of fused-ring (bicyclic) bond motifs is 2. The normalized spacial score (nSPS) is 14.8. The fourth-order valence-corrected chi connectivity index (χ4v) is 8.46. The number of carbonyl (C=O) groups is 3. The van der Waals surface area contributed by atoms with Crippen molar-refractivity contribution in [3.8, 4) is 17.0 Å². The summed E-state index contributed by atoms with van der Waals surface area (Å²) < 4.78 is 35.6. The predicted molar refractivity (Wildman–Crippen MR) is 235 cm³/mol. The lowest BCUT2D eigenvalue weighted by Crippen LogP contribution is -2.43. The standard InChI is InChI=1S/C49H51F2N7O4/c1-32-23-35-11-9-10-12-37(35)30-56(32)47(60)44-26-38-29-55(46(59)24-34-15-17-41(18-16-34)62-22-21-53(3)4)20-19-36(38)25-43(44)45-27-42(33(2)54(45)5)48(61)58(39-13-7-6-8-14-39)40-28-52-57(31-40)49(50)51/h6-18,25-28,31-32,49H,19-24,29-30H2,1-5H3/t32-/m1/s1. The number of alkyl halides is 2. The van der Waals surface area contributed by atoms with Crippen molar-refractivity contribution in [1.82, 2.24) is 29.0 Å². The van der Waals surface area contributed by atoms with Gasteiger partial charge in [0.2, 0.25) is 5.91 Å². The van der Waals surface area contributed by atoms with E-state index in [2.05, 4.69) is 29.1 Å². The summed E-state index contributed by atoms with van der Waals surface area (Å²) in [6.07, 6.45) is 3.94. The molecule has 4 aromatic carbocycles. The van der Waals surface area contributed by atoms with Gasteiger partial charge in [0.15, 0.2) is 0 Å². The van der Waals surface area contributed by atoms with Crippen LogP contribution in [0, 0.1) is 6.92 Å². The molecule has 13 heteroatoms. The van der Waals surface area contributed by atoms with Crippen LogP contribution in [-0.4, -0.2) is 86.6 Å². The number of carbonyl (C=O) groups excluding carboxylic acids is 3. The van der Waals surface area contributed by atoms with Crippen molar-refractivity contribution in [1.29, 1.82) is 0 Å². The summed E-state index contributed by atoms with van der Waals surface area (Å²) in [6, 6.07) is 30.4. The number of aromatic nitrogens is 3. The van der Waals surface area contributed by atoms with E-state index in [1.165, 1.54) is 16.7 Å². The van der Waals surface area contributed by atoms with E-state index in [1.807, 2.05) is 97.0 Å². The third-order valence-corrected chi connectivity index (χ3v) is 12.1. The maximum atomic E-state index is 15.0. The topological polar surface area (TPSA) is 96.2 Å². The molecule has 0 saturated heterocycles. The molecule has 8 rings (SSSR count). The van der Waals surface area contributed by atoms with Gasteiger partial charge in [0.25, 0.3) is 11.8 Å². The molecule has 2 aliphatic rings. The summed E-state index contributed by atoms with van der Waals surface area (Å²) in [5.41, 5.74) is 8.61. The molecule has 0 fully saturated rings. The van der Waals surface area contributed by atoms with Gasteiger partial charge in [0.05, 0.1) is 30.1 Å². The summed E-state index contributed by atoms with van der Waals surface area (Å²) in [5, 5.41) is 3.82. The van der Waals surface area contributed by atoms with Gasteiger partial charge in [-0.25, -0.2) is 4.68 Å². The van der Waals surface area contributed by atoms with Crippen molar-refractivity contribution < 1.29 is 27.9 Å². The Bertz CT molecular complexity index is 2600. The van der Waals surface area contributed by atoms with E-state index in [4.69, 9.17) is 4.74 Å². The third-order valence-electron chi connectivity index (χ3n) is 12.1. The maximum absolute atomic E-state index is 15.0. The highest BCUT2D eigenvalue weighted by Crippen LogP contribution is 2.37. The van der Waals surface area contributed by atoms with Gasteiger partial charge in [-0.3, -0.25) is 19.3 Å². The molecule has 6 aromatic rings. The van der Waals surface area contributed by atoms with E-state index in [-0.39, 0.29) is 30.0 Å². The average molecular weight is 840 g/mol. The van der Waals surface area contributed by atoms with Gasteiger partial charge in [-0.2, -0.15) is 13.9 Å². The third kappa shape index (κ3) is 8.62. The molecular formula is C49H51F2N7O4. The zero-order valence-electron chi connectivity index (χ0n) is 35.7. The first-order valence-corrected chi connectivity index (χ1v) is 20.9. The van der Waals surface area contributed by atoms with Gasteiger partial charge in [-0.1, -0.05) is 54.6 Å². The summed E-state index contributed by atoms with van der Waals surface area (Å²) in [4.78, 5) is 50.7. The van der Waals surface area contributed by atoms with E-state index >= 15 is 4.79 Å². The largest absolute Gasteiger partial charge is 0.492 e. The summed E-state index contributed by atoms with van der Waals surface area (Å²) in [7, 11) is 5.85. The number of hydrogen-bond donors (Lipinski definition) is 0. The van der Waals surface area contributed by atoms with E-state index < -0.39 is 12.5 Å². The lowest BCUT2D eigenvalue weighted by Gasteiger charge is -2.36. The van der Waals surface area contributed by atoms with Crippen LogP contribution in [0.5, 0.6) is 5.75 Å². The smallest absolute Gasteiger partial charge is 0.333 e. The number of nitrogens with zero attached hydrogens (tertiary/aromatic N) is 7. The Labute approximate surface area is 360 Å². The molecule has 62 heavy (non-hydrogen) atoms. The second-order valence-electron chi connectivity index (χ2n) is 16.5. The van der Waals surface area contributed by atoms with Crippen molar-refractivity contribution in [3.05, 3.63) is 154 Å². The minimum atomic E-state index is -2.88. The monoisotopic (exact) mass is 839 g/mol. The molecule has 4 heterocycles. The van der Waals surface area contributed by atoms with Crippen LogP contribution >= 0.6 is 0 Å². The highest BCUT2D eigenvalue weighted by atomic mass is 19.3. The number of ether oxygens (including phenoxy) is 1. The molecule has 0 spiro atoms. The van der Waals surface area contributed by atoms with Crippen LogP contribution in [0.1, 0.15) is 67.7 Å².